The smallest absolute Gasteiger partial charge is 0.176 e. The van der Waals surface area contributed by atoms with E-state index in [9.17, 15) is 4.79 Å². The molecule has 0 amide bonds. The first-order valence-corrected chi connectivity index (χ1v) is 5.53. The molecule has 5 heteroatoms. The second-order valence-corrected chi connectivity index (χ2v) is 4.12. The predicted molar refractivity (Wildman–Crippen MR) is 64.6 cm³/mol. The van der Waals surface area contributed by atoms with Gasteiger partial charge in [0.05, 0.1) is 18.6 Å². The highest BCUT2D eigenvalue weighted by Crippen LogP contribution is 2.22. The zero-order chi connectivity index (χ0) is 11.5. The minimum absolute atomic E-state index is 0.0247. The summed E-state index contributed by atoms with van der Waals surface area (Å²) in [6.07, 6.45) is 5.24. The van der Waals surface area contributed by atoms with Gasteiger partial charge in [0.25, 0.3) is 0 Å². The average Bonchev–Trinajstić information content (AvgIpc) is 2.81. The minimum Gasteiger partial charge on any atom is -0.324 e. The molecular weight excluding hydrogens is 270 g/mol. The predicted octanol–water partition coefficient (Wildman–Crippen LogP) is 1.78. The maximum absolute atomic E-state index is 11.4. The number of ketones is 1. The molecule has 0 fully saturated rings. The molecule has 1 aromatic carbocycles. The Morgan fingerprint density at radius 3 is 2.88 bits per heavy atom. The Morgan fingerprint density at radius 1 is 1.50 bits per heavy atom. The van der Waals surface area contributed by atoms with Gasteiger partial charge in [-0.3, -0.25) is 4.79 Å². The number of hydrogen-bond donors (Lipinski definition) is 1. The second kappa shape index (κ2) is 4.59. The summed E-state index contributed by atoms with van der Waals surface area (Å²) in [6, 6.07) is 5.38. The highest BCUT2D eigenvalue weighted by atomic mass is 79.9. The van der Waals surface area contributed by atoms with Crippen molar-refractivity contribution in [1.82, 2.24) is 9.55 Å². The van der Waals surface area contributed by atoms with Crippen LogP contribution >= 0.6 is 15.9 Å². The SMILES string of the molecule is NCC(=O)c1ccc(-n2ccnc2)c(Br)c1. The number of benzene rings is 1. The van der Waals surface area contributed by atoms with Crippen molar-refractivity contribution in [2.24, 2.45) is 5.73 Å². The largest absolute Gasteiger partial charge is 0.324 e. The molecule has 0 saturated carbocycles. The lowest BCUT2D eigenvalue weighted by atomic mass is 10.1. The number of nitrogens with zero attached hydrogens (tertiary/aromatic N) is 2. The van der Waals surface area contributed by atoms with E-state index in [1.54, 1.807) is 24.7 Å². The van der Waals surface area contributed by atoms with Gasteiger partial charge in [0.1, 0.15) is 0 Å². The summed E-state index contributed by atoms with van der Waals surface area (Å²) in [5.41, 5.74) is 6.85. The average molecular weight is 280 g/mol. The van der Waals surface area contributed by atoms with Gasteiger partial charge < -0.3 is 10.3 Å². The molecule has 16 heavy (non-hydrogen) atoms. The number of halogens is 1. The van der Waals surface area contributed by atoms with E-state index in [2.05, 4.69) is 20.9 Å². The number of carbonyl (C=O) groups excluding carboxylic acids is 1. The third kappa shape index (κ3) is 2.05. The van der Waals surface area contributed by atoms with E-state index in [0.717, 1.165) is 10.2 Å². The van der Waals surface area contributed by atoms with E-state index >= 15 is 0 Å². The molecule has 2 rings (SSSR count). The summed E-state index contributed by atoms with van der Waals surface area (Å²) in [5.74, 6) is -0.0714. The van der Waals surface area contributed by atoms with Crippen LogP contribution in [0.4, 0.5) is 0 Å². The van der Waals surface area contributed by atoms with E-state index in [4.69, 9.17) is 5.73 Å². The number of hydrogen-bond acceptors (Lipinski definition) is 3. The summed E-state index contributed by atoms with van der Waals surface area (Å²) in [7, 11) is 0. The normalized spacial score (nSPS) is 10.4. The number of nitrogens with two attached hydrogens (primary N) is 1. The molecule has 2 aromatic rings. The topological polar surface area (TPSA) is 60.9 Å². The van der Waals surface area contributed by atoms with Crippen LogP contribution in [-0.4, -0.2) is 21.9 Å². The Kier molecular flexibility index (Phi) is 3.17. The Morgan fingerprint density at radius 2 is 2.31 bits per heavy atom. The van der Waals surface area contributed by atoms with E-state index in [1.807, 2.05) is 16.8 Å². The van der Waals surface area contributed by atoms with Gasteiger partial charge in [0, 0.05) is 22.4 Å². The number of imidazole rings is 1. The van der Waals surface area contributed by atoms with Gasteiger partial charge in [-0.1, -0.05) is 0 Å². The number of Topliss-reactive ketones (excluding diaryl/α,β-unsaturated/α-hetero) is 1. The van der Waals surface area contributed by atoms with Gasteiger partial charge in [-0.05, 0) is 34.1 Å². The first kappa shape index (κ1) is 11.0. The quantitative estimate of drug-likeness (QED) is 0.872. The van der Waals surface area contributed by atoms with E-state index in [0.29, 0.717) is 5.56 Å². The van der Waals surface area contributed by atoms with Crippen LogP contribution in [0.5, 0.6) is 0 Å². The standard InChI is InChI=1S/C11H10BrN3O/c12-9-5-8(11(16)6-13)1-2-10(9)15-4-3-14-7-15/h1-5,7H,6,13H2. The molecule has 82 valence electrons. The van der Waals surface area contributed by atoms with Crippen LogP contribution in [0.3, 0.4) is 0 Å². The molecule has 2 N–H and O–H groups in total. The molecule has 0 spiro atoms. The van der Waals surface area contributed by atoms with Crippen molar-refractivity contribution in [1.29, 1.82) is 0 Å². The van der Waals surface area contributed by atoms with Gasteiger partial charge in [-0.15, -0.1) is 0 Å². The highest BCUT2D eigenvalue weighted by molar-refractivity contribution is 9.10. The van der Waals surface area contributed by atoms with Crippen molar-refractivity contribution in [2.75, 3.05) is 6.54 Å². The maximum Gasteiger partial charge on any atom is 0.176 e. The number of carbonyl (C=O) groups is 1. The lowest BCUT2D eigenvalue weighted by molar-refractivity contribution is 0.100. The fourth-order valence-electron chi connectivity index (χ4n) is 1.41. The van der Waals surface area contributed by atoms with Crippen LogP contribution in [0.25, 0.3) is 5.69 Å². The van der Waals surface area contributed by atoms with Crippen molar-refractivity contribution in [2.45, 2.75) is 0 Å². The molecule has 4 nitrogen and oxygen atoms in total. The summed E-state index contributed by atoms with van der Waals surface area (Å²) in [5, 5.41) is 0. The van der Waals surface area contributed by atoms with Gasteiger partial charge >= 0.3 is 0 Å². The zero-order valence-corrected chi connectivity index (χ0v) is 10.0. The van der Waals surface area contributed by atoms with Crippen molar-refractivity contribution in [3.8, 4) is 5.69 Å². The first-order chi connectivity index (χ1) is 7.72. The summed E-state index contributed by atoms with van der Waals surface area (Å²) >= 11 is 3.42. The minimum atomic E-state index is -0.0714. The highest BCUT2D eigenvalue weighted by Gasteiger charge is 2.07. The summed E-state index contributed by atoms with van der Waals surface area (Å²) in [4.78, 5) is 15.4. The second-order valence-electron chi connectivity index (χ2n) is 3.26. The van der Waals surface area contributed by atoms with Crippen LogP contribution < -0.4 is 5.73 Å². The molecule has 0 bridgehead atoms. The van der Waals surface area contributed by atoms with Crippen LogP contribution in [0, 0.1) is 0 Å². The molecule has 0 radical (unpaired) electrons. The monoisotopic (exact) mass is 279 g/mol. The molecule has 0 aliphatic rings. The maximum atomic E-state index is 11.4. The van der Waals surface area contributed by atoms with E-state index in [1.165, 1.54) is 0 Å². The molecule has 0 atom stereocenters. The van der Waals surface area contributed by atoms with Crippen molar-refractivity contribution in [3.63, 3.8) is 0 Å². The molecule has 0 saturated heterocycles. The van der Waals surface area contributed by atoms with E-state index < -0.39 is 0 Å². The molecule has 1 aromatic heterocycles. The molecule has 1 heterocycles. The van der Waals surface area contributed by atoms with Gasteiger partial charge in [-0.2, -0.15) is 0 Å². The Bertz CT molecular complexity index is 508. The Labute approximate surface area is 101 Å². The molecular formula is C11H10BrN3O. The lowest BCUT2D eigenvalue weighted by Crippen LogP contribution is -2.13. The summed E-state index contributed by atoms with van der Waals surface area (Å²) in [6.45, 7) is 0.0247. The third-order valence-electron chi connectivity index (χ3n) is 2.24. The number of rotatable bonds is 3. The molecule has 0 unspecified atom stereocenters. The lowest BCUT2D eigenvalue weighted by Gasteiger charge is -2.06. The summed E-state index contributed by atoms with van der Waals surface area (Å²) < 4.78 is 2.70. The van der Waals surface area contributed by atoms with Crippen molar-refractivity contribution >= 4 is 21.7 Å². The van der Waals surface area contributed by atoms with Crippen LogP contribution in [-0.2, 0) is 0 Å². The zero-order valence-electron chi connectivity index (χ0n) is 8.43. The van der Waals surface area contributed by atoms with Gasteiger partial charge in [0.15, 0.2) is 5.78 Å². The Balaban J connectivity index is 2.41. The molecule has 0 aliphatic carbocycles. The Hall–Kier alpha value is -1.46. The van der Waals surface area contributed by atoms with Crippen LogP contribution in [0.15, 0.2) is 41.4 Å². The van der Waals surface area contributed by atoms with Crippen molar-refractivity contribution in [3.05, 3.63) is 47.0 Å². The fraction of sp³-hybridized carbons (Fsp3) is 0.0909. The van der Waals surface area contributed by atoms with Gasteiger partial charge in [0.2, 0.25) is 0 Å². The molecule has 0 aliphatic heterocycles. The number of aromatic nitrogens is 2. The first-order valence-electron chi connectivity index (χ1n) is 4.73. The van der Waals surface area contributed by atoms with Crippen LogP contribution in [0.2, 0.25) is 0 Å². The van der Waals surface area contributed by atoms with Crippen molar-refractivity contribution < 1.29 is 4.79 Å². The fourth-order valence-corrected chi connectivity index (χ4v) is 1.99. The van der Waals surface area contributed by atoms with Gasteiger partial charge in [-0.25, -0.2) is 4.98 Å². The van der Waals surface area contributed by atoms with Crippen LogP contribution in [0.1, 0.15) is 10.4 Å². The third-order valence-corrected chi connectivity index (χ3v) is 2.87. The van der Waals surface area contributed by atoms with E-state index in [-0.39, 0.29) is 12.3 Å².